The summed E-state index contributed by atoms with van der Waals surface area (Å²) >= 11 is 4.92. The summed E-state index contributed by atoms with van der Waals surface area (Å²) in [5, 5.41) is 0. The van der Waals surface area contributed by atoms with Gasteiger partial charge in [-0.3, -0.25) is 9.59 Å². The topological polar surface area (TPSA) is 75.9 Å². The molecule has 114 valence electrons. The average Bonchev–Trinajstić information content (AvgIpc) is 2.44. The van der Waals surface area contributed by atoms with E-state index in [1.54, 1.807) is 45.4 Å². The standard InChI is InChI=1S/C14H19N3O3S/c1-16(2)12(18)8-17(3)13(19)9-20-11-7-5-4-6-10(11)14(15)21/h4-7H,8-9H2,1-3H3,(H2,15,21). The maximum absolute atomic E-state index is 11.9. The molecule has 0 fully saturated rings. The number of nitrogens with zero attached hydrogens (tertiary/aromatic N) is 2. The maximum atomic E-state index is 11.9. The first-order valence-electron chi connectivity index (χ1n) is 6.28. The molecular formula is C14H19N3O3S. The van der Waals surface area contributed by atoms with Crippen LogP contribution in [-0.2, 0) is 9.59 Å². The summed E-state index contributed by atoms with van der Waals surface area (Å²) in [6.45, 7) is -0.178. The Morgan fingerprint density at radius 2 is 1.81 bits per heavy atom. The van der Waals surface area contributed by atoms with Crippen LogP contribution in [0.3, 0.4) is 0 Å². The van der Waals surface area contributed by atoms with E-state index in [9.17, 15) is 9.59 Å². The maximum Gasteiger partial charge on any atom is 0.260 e. The predicted molar refractivity (Wildman–Crippen MR) is 84.2 cm³/mol. The Balaban J connectivity index is 2.61. The van der Waals surface area contributed by atoms with Crippen molar-refractivity contribution >= 4 is 29.0 Å². The number of nitrogens with two attached hydrogens (primary N) is 1. The summed E-state index contributed by atoms with van der Waals surface area (Å²) < 4.78 is 5.44. The minimum absolute atomic E-state index is 0.00609. The molecule has 1 aromatic carbocycles. The Hall–Kier alpha value is -2.15. The number of hydrogen-bond acceptors (Lipinski definition) is 4. The van der Waals surface area contributed by atoms with Crippen molar-refractivity contribution in [2.75, 3.05) is 34.3 Å². The molecule has 0 aliphatic rings. The average molecular weight is 309 g/mol. The smallest absolute Gasteiger partial charge is 0.260 e. The molecule has 2 amide bonds. The van der Waals surface area contributed by atoms with Gasteiger partial charge in [-0.05, 0) is 12.1 Å². The molecule has 6 nitrogen and oxygen atoms in total. The zero-order chi connectivity index (χ0) is 16.0. The quantitative estimate of drug-likeness (QED) is 0.762. The Morgan fingerprint density at radius 3 is 2.38 bits per heavy atom. The van der Waals surface area contributed by atoms with Crippen molar-refractivity contribution in [1.29, 1.82) is 0 Å². The van der Waals surface area contributed by atoms with Gasteiger partial charge in [0.1, 0.15) is 10.7 Å². The first-order valence-corrected chi connectivity index (χ1v) is 6.69. The summed E-state index contributed by atoms with van der Waals surface area (Å²) in [6.07, 6.45) is 0. The third-order valence-electron chi connectivity index (χ3n) is 2.80. The lowest BCUT2D eigenvalue weighted by Crippen LogP contribution is -2.39. The van der Waals surface area contributed by atoms with Crippen LogP contribution in [-0.4, -0.2) is 60.9 Å². The van der Waals surface area contributed by atoms with Gasteiger partial charge in [-0.15, -0.1) is 0 Å². The molecule has 2 N–H and O–H groups in total. The van der Waals surface area contributed by atoms with Crippen LogP contribution in [0.15, 0.2) is 24.3 Å². The number of likely N-dealkylation sites (N-methyl/N-ethyl adjacent to an activating group) is 2. The van der Waals surface area contributed by atoms with Crippen molar-refractivity contribution in [3.05, 3.63) is 29.8 Å². The molecule has 0 radical (unpaired) electrons. The van der Waals surface area contributed by atoms with E-state index in [1.807, 2.05) is 0 Å². The molecule has 0 aliphatic heterocycles. The number of hydrogen-bond donors (Lipinski definition) is 1. The number of carbonyl (C=O) groups is 2. The summed E-state index contributed by atoms with van der Waals surface area (Å²) in [5.41, 5.74) is 6.16. The molecule has 0 saturated heterocycles. The van der Waals surface area contributed by atoms with Crippen LogP contribution < -0.4 is 10.5 Å². The second kappa shape index (κ2) is 7.58. The molecular weight excluding hydrogens is 290 g/mol. The number of rotatable bonds is 6. The number of thiocarbonyl (C=S) groups is 1. The molecule has 0 bridgehead atoms. The van der Waals surface area contributed by atoms with Crippen molar-refractivity contribution in [3.63, 3.8) is 0 Å². The highest BCUT2D eigenvalue weighted by Crippen LogP contribution is 2.17. The van der Waals surface area contributed by atoms with E-state index in [1.165, 1.54) is 9.80 Å². The Bertz CT molecular complexity index is 546. The van der Waals surface area contributed by atoms with Crippen LogP contribution in [0.4, 0.5) is 0 Å². The second-order valence-corrected chi connectivity index (χ2v) is 5.13. The van der Waals surface area contributed by atoms with Crippen molar-refractivity contribution in [2.45, 2.75) is 0 Å². The molecule has 0 spiro atoms. The second-order valence-electron chi connectivity index (χ2n) is 4.69. The Kier molecular flexibility index (Phi) is 6.10. The fourth-order valence-electron chi connectivity index (χ4n) is 1.48. The minimum Gasteiger partial charge on any atom is -0.483 e. The lowest BCUT2D eigenvalue weighted by atomic mass is 10.2. The van der Waals surface area contributed by atoms with Gasteiger partial charge in [0.25, 0.3) is 5.91 Å². The van der Waals surface area contributed by atoms with E-state index in [2.05, 4.69) is 0 Å². The van der Waals surface area contributed by atoms with Gasteiger partial charge in [0.05, 0.1) is 12.1 Å². The van der Waals surface area contributed by atoms with Crippen molar-refractivity contribution < 1.29 is 14.3 Å². The monoisotopic (exact) mass is 309 g/mol. The van der Waals surface area contributed by atoms with E-state index in [4.69, 9.17) is 22.7 Å². The molecule has 0 heterocycles. The molecule has 0 atom stereocenters. The van der Waals surface area contributed by atoms with Gasteiger partial charge in [-0.1, -0.05) is 24.4 Å². The fourth-order valence-corrected chi connectivity index (χ4v) is 1.65. The van der Waals surface area contributed by atoms with E-state index >= 15 is 0 Å². The van der Waals surface area contributed by atoms with Crippen LogP contribution >= 0.6 is 12.2 Å². The molecule has 0 aliphatic carbocycles. The number of carbonyl (C=O) groups excluding carboxylic acids is 2. The largest absolute Gasteiger partial charge is 0.483 e. The van der Waals surface area contributed by atoms with Crippen molar-refractivity contribution in [1.82, 2.24) is 9.80 Å². The Labute approximate surface area is 129 Å². The van der Waals surface area contributed by atoms with Gasteiger partial charge < -0.3 is 20.3 Å². The fraction of sp³-hybridized carbons (Fsp3) is 0.357. The molecule has 0 unspecified atom stereocenters. The van der Waals surface area contributed by atoms with Crippen LogP contribution in [0.5, 0.6) is 5.75 Å². The predicted octanol–water partition coefficient (Wildman–Crippen LogP) is 0.246. The molecule has 0 saturated carbocycles. The van der Waals surface area contributed by atoms with E-state index in [-0.39, 0.29) is 30.0 Å². The van der Waals surface area contributed by atoms with Crippen molar-refractivity contribution in [3.8, 4) is 5.75 Å². The van der Waals surface area contributed by atoms with E-state index in [0.29, 0.717) is 11.3 Å². The van der Waals surface area contributed by atoms with Gasteiger partial charge in [-0.25, -0.2) is 0 Å². The molecule has 0 aromatic heterocycles. The third kappa shape index (κ3) is 5.03. The normalized spacial score (nSPS) is 9.86. The highest BCUT2D eigenvalue weighted by Gasteiger charge is 2.15. The highest BCUT2D eigenvalue weighted by molar-refractivity contribution is 7.80. The number of amides is 2. The minimum atomic E-state index is -0.303. The Morgan fingerprint density at radius 1 is 1.19 bits per heavy atom. The lowest BCUT2D eigenvalue weighted by molar-refractivity contribution is -0.139. The summed E-state index contributed by atoms with van der Waals surface area (Å²) in [4.78, 5) is 26.4. The van der Waals surface area contributed by atoms with Crippen LogP contribution in [0.2, 0.25) is 0 Å². The first-order chi connectivity index (χ1) is 9.82. The zero-order valence-electron chi connectivity index (χ0n) is 12.3. The van der Waals surface area contributed by atoms with Crippen LogP contribution in [0.1, 0.15) is 5.56 Å². The van der Waals surface area contributed by atoms with Crippen molar-refractivity contribution in [2.24, 2.45) is 5.73 Å². The van der Waals surface area contributed by atoms with Gasteiger partial charge in [0.15, 0.2) is 6.61 Å². The summed E-state index contributed by atoms with van der Waals surface area (Å²) in [7, 11) is 4.82. The molecule has 1 aromatic rings. The number of para-hydroxylation sites is 1. The zero-order valence-corrected chi connectivity index (χ0v) is 13.1. The molecule has 1 rings (SSSR count). The number of ether oxygens (including phenoxy) is 1. The third-order valence-corrected chi connectivity index (χ3v) is 3.02. The molecule has 21 heavy (non-hydrogen) atoms. The van der Waals surface area contributed by atoms with Gasteiger partial charge in [0, 0.05) is 21.1 Å². The first kappa shape index (κ1) is 16.9. The van der Waals surface area contributed by atoms with E-state index < -0.39 is 0 Å². The lowest BCUT2D eigenvalue weighted by Gasteiger charge is -2.19. The molecule has 7 heteroatoms. The van der Waals surface area contributed by atoms with E-state index in [0.717, 1.165) is 0 Å². The SMILES string of the molecule is CN(C)C(=O)CN(C)C(=O)COc1ccccc1C(N)=S. The highest BCUT2D eigenvalue weighted by atomic mass is 32.1. The van der Waals surface area contributed by atoms with Crippen LogP contribution in [0, 0.1) is 0 Å². The number of benzene rings is 1. The van der Waals surface area contributed by atoms with Crippen LogP contribution in [0.25, 0.3) is 0 Å². The summed E-state index contributed by atoms with van der Waals surface area (Å²) in [5.74, 6) is -0.0111. The van der Waals surface area contributed by atoms with Gasteiger partial charge >= 0.3 is 0 Å². The van der Waals surface area contributed by atoms with Gasteiger partial charge in [0.2, 0.25) is 5.91 Å². The van der Waals surface area contributed by atoms with Gasteiger partial charge in [-0.2, -0.15) is 0 Å². The summed E-state index contributed by atoms with van der Waals surface area (Å²) in [6, 6.07) is 6.96.